The van der Waals surface area contributed by atoms with Crippen molar-refractivity contribution in [3.8, 4) is 5.75 Å². The largest absolute Gasteiger partial charge is 0.492 e. The molecule has 1 N–H and O–H groups in total. The highest BCUT2D eigenvalue weighted by Crippen LogP contribution is 2.25. The summed E-state index contributed by atoms with van der Waals surface area (Å²) >= 11 is 5.85. The molecule has 0 unspecified atom stereocenters. The zero-order valence-corrected chi connectivity index (χ0v) is 7.64. The Hall–Kier alpha value is -0.730. The normalized spacial score (nSPS) is 9.92. The number of ether oxygens (including phenoxy) is 1. The first-order valence-corrected chi connectivity index (χ1v) is 4.17. The predicted molar refractivity (Wildman–Crippen MR) is 48.5 cm³/mol. The third-order valence-electron chi connectivity index (χ3n) is 1.48. The van der Waals surface area contributed by atoms with Crippen molar-refractivity contribution < 1.29 is 9.84 Å². The molecule has 1 aromatic carbocycles. The van der Waals surface area contributed by atoms with Gasteiger partial charge >= 0.3 is 0 Å². The van der Waals surface area contributed by atoms with E-state index >= 15 is 0 Å². The van der Waals surface area contributed by atoms with Gasteiger partial charge < -0.3 is 9.84 Å². The van der Waals surface area contributed by atoms with Gasteiger partial charge in [-0.15, -0.1) is 0 Å². The summed E-state index contributed by atoms with van der Waals surface area (Å²) in [5.74, 6) is 0.663. The average molecular weight is 187 g/mol. The smallest absolute Gasteiger partial charge is 0.137 e. The van der Waals surface area contributed by atoms with Gasteiger partial charge in [0, 0.05) is 0 Å². The molecule has 0 bridgehead atoms. The van der Waals surface area contributed by atoms with Gasteiger partial charge in [-0.2, -0.15) is 0 Å². The molecule has 0 aliphatic rings. The van der Waals surface area contributed by atoms with Gasteiger partial charge in [-0.25, -0.2) is 0 Å². The maximum atomic E-state index is 8.78. The fourth-order valence-electron chi connectivity index (χ4n) is 0.915. The minimum Gasteiger partial charge on any atom is -0.492 e. The average Bonchev–Trinajstić information content (AvgIpc) is 2.09. The second kappa shape index (κ2) is 4.33. The highest BCUT2D eigenvalue weighted by Gasteiger charge is 2.00. The van der Waals surface area contributed by atoms with Crippen LogP contribution in [0.2, 0.25) is 5.02 Å². The minimum atomic E-state index is 0.00608. The summed E-state index contributed by atoms with van der Waals surface area (Å²) in [4.78, 5) is 0. The Kier molecular flexibility index (Phi) is 3.38. The fraction of sp³-hybridized carbons (Fsp3) is 0.333. The van der Waals surface area contributed by atoms with Gasteiger partial charge in [-0.05, 0) is 24.6 Å². The summed E-state index contributed by atoms with van der Waals surface area (Å²) in [6.45, 7) is 2.50. The summed E-state index contributed by atoms with van der Waals surface area (Å²) in [6, 6.07) is 5.25. The molecule has 1 aromatic rings. The van der Waals surface area contributed by atoms with E-state index in [9.17, 15) is 0 Å². The molecule has 0 spiro atoms. The Bertz CT molecular complexity index is 261. The van der Waals surface area contributed by atoms with E-state index in [-0.39, 0.29) is 6.61 Å². The van der Waals surface area contributed by atoms with Crippen molar-refractivity contribution in [2.75, 3.05) is 6.61 Å². The SMILES string of the molecule is CCOc1ccc(CO)cc1Cl. The molecular formula is C9H11ClO2. The first-order chi connectivity index (χ1) is 5.77. The van der Waals surface area contributed by atoms with Crippen LogP contribution in [0.1, 0.15) is 12.5 Å². The van der Waals surface area contributed by atoms with E-state index in [1.54, 1.807) is 18.2 Å². The van der Waals surface area contributed by atoms with E-state index in [4.69, 9.17) is 21.4 Å². The van der Waals surface area contributed by atoms with Crippen LogP contribution in [0.5, 0.6) is 5.75 Å². The second-order valence-corrected chi connectivity index (χ2v) is 2.76. The van der Waals surface area contributed by atoms with Gasteiger partial charge in [-0.3, -0.25) is 0 Å². The second-order valence-electron chi connectivity index (χ2n) is 2.36. The van der Waals surface area contributed by atoms with Crippen LogP contribution in [-0.4, -0.2) is 11.7 Å². The monoisotopic (exact) mass is 186 g/mol. The molecule has 0 amide bonds. The highest BCUT2D eigenvalue weighted by atomic mass is 35.5. The standard InChI is InChI=1S/C9H11ClO2/c1-2-12-9-4-3-7(6-11)5-8(9)10/h3-5,11H,2,6H2,1H3. The number of aliphatic hydroxyl groups is 1. The molecule has 0 aliphatic carbocycles. The first-order valence-electron chi connectivity index (χ1n) is 3.80. The van der Waals surface area contributed by atoms with Crippen LogP contribution in [0, 0.1) is 0 Å². The molecule has 0 saturated carbocycles. The van der Waals surface area contributed by atoms with Crippen molar-refractivity contribution in [1.29, 1.82) is 0 Å². The van der Waals surface area contributed by atoms with Crippen LogP contribution in [0.3, 0.4) is 0 Å². The summed E-state index contributed by atoms with van der Waals surface area (Å²) < 4.78 is 5.22. The number of hydrogen-bond donors (Lipinski definition) is 1. The van der Waals surface area contributed by atoms with Gasteiger partial charge in [0.15, 0.2) is 0 Å². The molecule has 0 fully saturated rings. The van der Waals surface area contributed by atoms with E-state index in [2.05, 4.69) is 0 Å². The van der Waals surface area contributed by atoms with Crippen molar-refractivity contribution >= 4 is 11.6 Å². The number of benzene rings is 1. The van der Waals surface area contributed by atoms with Gasteiger partial charge in [0.05, 0.1) is 18.2 Å². The fourth-order valence-corrected chi connectivity index (χ4v) is 1.17. The number of halogens is 1. The Labute approximate surface area is 76.7 Å². The Morgan fingerprint density at radius 2 is 2.25 bits per heavy atom. The van der Waals surface area contributed by atoms with Crippen molar-refractivity contribution in [2.45, 2.75) is 13.5 Å². The third kappa shape index (κ3) is 2.13. The first kappa shape index (κ1) is 9.36. The number of rotatable bonds is 3. The maximum Gasteiger partial charge on any atom is 0.137 e. The lowest BCUT2D eigenvalue weighted by Crippen LogP contribution is -1.93. The Balaban J connectivity index is 2.87. The lowest BCUT2D eigenvalue weighted by molar-refractivity contribution is 0.281. The Morgan fingerprint density at radius 1 is 1.50 bits per heavy atom. The van der Waals surface area contributed by atoms with E-state index in [1.807, 2.05) is 6.92 Å². The van der Waals surface area contributed by atoms with Crippen LogP contribution in [0.25, 0.3) is 0 Å². The predicted octanol–water partition coefficient (Wildman–Crippen LogP) is 2.23. The van der Waals surface area contributed by atoms with Crippen LogP contribution in [-0.2, 0) is 6.61 Å². The Morgan fingerprint density at radius 3 is 2.75 bits per heavy atom. The van der Waals surface area contributed by atoms with Gasteiger partial charge in [0.2, 0.25) is 0 Å². The molecule has 0 heterocycles. The molecule has 1 rings (SSSR count). The summed E-state index contributed by atoms with van der Waals surface area (Å²) in [6.07, 6.45) is 0. The van der Waals surface area contributed by atoms with Crippen LogP contribution in [0.15, 0.2) is 18.2 Å². The summed E-state index contributed by atoms with van der Waals surface area (Å²) in [7, 11) is 0. The van der Waals surface area contributed by atoms with Crippen molar-refractivity contribution in [2.24, 2.45) is 0 Å². The lowest BCUT2D eigenvalue weighted by atomic mass is 10.2. The number of hydrogen-bond acceptors (Lipinski definition) is 2. The highest BCUT2D eigenvalue weighted by molar-refractivity contribution is 6.32. The van der Waals surface area contributed by atoms with Crippen molar-refractivity contribution in [1.82, 2.24) is 0 Å². The topological polar surface area (TPSA) is 29.5 Å². The third-order valence-corrected chi connectivity index (χ3v) is 1.77. The zero-order chi connectivity index (χ0) is 8.97. The molecule has 0 aromatic heterocycles. The van der Waals surface area contributed by atoms with Crippen LogP contribution < -0.4 is 4.74 Å². The molecule has 2 nitrogen and oxygen atoms in total. The number of aliphatic hydroxyl groups excluding tert-OH is 1. The minimum absolute atomic E-state index is 0.00608. The van der Waals surface area contributed by atoms with Gasteiger partial charge in [-0.1, -0.05) is 17.7 Å². The van der Waals surface area contributed by atoms with Crippen LogP contribution >= 0.6 is 11.6 Å². The quantitative estimate of drug-likeness (QED) is 0.785. The van der Waals surface area contributed by atoms with E-state index in [1.165, 1.54) is 0 Å². The zero-order valence-electron chi connectivity index (χ0n) is 6.88. The van der Waals surface area contributed by atoms with Crippen molar-refractivity contribution in [3.63, 3.8) is 0 Å². The van der Waals surface area contributed by atoms with Crippen molar-refractivity contribution in [3.05, 3.63) is 28.8 Å². The van der Waals surface area contributed by atoms with Gasteiger partial charge in [0.1, 0.15) is 5.75 Å². The molecule has 0 atom stereocenters. The molecule has 3 heteroatoms. The molecule has 0 aliphatic heterocycles. The van der Waals surface area contributed by atoms with E-state index in [0.29, 0.717) is 17.4 Å². The maximum absolute atomic E-state index is 8.78. The van der Waals surface area contributed by atoms with E-state index < -0.39 is 0 Å². The lowest BCUT2D eigenvalue weighted by Gasteiger charge is -2.05. The van der Waals surface area contributed by atoms with E-state index in [0.717, 1.165) is 5.56 Å². The molecule has 66 valence electrons. The molecular weight excluding hydrogens is 176 g/mol. The molecule has 12 heavy (non-hydrogen) atoms. The summed E-state index contributed by atoms with van der Waals surface area (Å²) in [5, 5.41) is 9.33. The molecule has 0 saturated heterocycles. The molecule has 0 radical (unpaired) electrons. The van der Waals surface area contributed by atoms with Gasteiger partial charge in [0.25, 0.3) is 0 Å². The summed E-state index contributed by atoms with van der Waals surface area (Å²) in [5.41, 5.74) is 0.795. The van der Waals surface area contributed by atoms with Crippen LogP contribution in [0.4, 0.5) is 0 Å².